The van der Waals surface area contributed by atoms with Crippen LogP contribution in [0.25, 0.3) is 0 Å². The Morgan fingerprint density at radius 1 is 1.43 bits per heavy atom. The molecule has 1 heterocycles. The van der Waals surface area contributed by atoms with Crippen LogP contribution in [0.15, 0.2) is 18.2 Å². The summed E-state index contributed by atoms with van der Waals surface area (Å²) in [6.45, 7) is 3.90. The predicted octanol–water partition coefficient (Wildman–Crippen LogP) is 2.07. The zero-order valence-corrected chi connectivity index (χ0v) is 14.7. The van der Waals surface area contributed by atoms with E-state index in [0.29, 0.717) is 18.1 Å². The summed E-state index contributed by atoms with van der Waals surface area (Å²) in [4.78, 5) is 28.1. The van der Waals surface area contributed by atoms with Gasteiger partial charge in [0, 0.05) is 30.2 Å². The first-order chi connectivity index (χ1) is 10.9. The molecule has 2 rings (SSSR count). The third-order valence-corrected chi connectivity index (χ3v) is 4.45. The van der Waals surface area contributed by atoms with Crippen molar-refractivity contribution in [2.45, 2.75) is 19.8 Å². The summed E-state index contributed by atoms with van der Waals surface area (Å²) in [5.41, 5.74) is 1.73. The average Bonchev–Trinajstić information content (AvgIpc) is 2.88. The summed E-state index contributed by atoms with van der Waals surface area (Å²) in [6, 6.07) is 5.54. The first-order valence-corrected chi connectivity index (χ1v) is 8.25. The number of anilines is 1. The fourth-order valence-electron chi connectivity index (χ4n) is 2.63. The summed E-state index contributed by atoms with van der Waals surface area (Å²) in [5, 5.41) is 3.55. The molecule has 1 aromatic rings. The van der Waals surface area contributed by atoms with Gasteiger partial charge in [-0.1, -0.05) is 17.7 Å². The highest BCUT2D eigenvalue weighted by Crippen LogP contribution is 2.28. The number of benzene rings is 1. The number of hydrogen-bond acceptors (Lipinski definition) is 3. The van der Waals surface area contributed by atoms with Gasteiger partial charge in [-0.25, -0.2) is 0 Å². The summed E-state index contributed by atoms with van der Waals surface area (Å²) in [5.74, 6) is -0.363. The summed E-state index contributed by atoms with van der Waals surface area (Å²) < 4.78 is 0. The van der Waals surface area contributed by atoms with E-state index < -0.39 is 0 Å². The molecule has 0 saturated carbocycles. The van der Waals surface area contributed by atoms with Gasteiger partial charge in [0.1, 0.15) is 0 Å². The molecule has 2 amide bonds. The van der Waals surface area contributed by atoms with Crippen LogP contribution in [0.5, 0.6) is 0 Å². The molecule has 1 aliphatic rings. The van der Waals surface area contributed by atoms with E-state index in [9.17, 15) is 9.59 Å². The van der Waals surface area contributed by atoms with E-state index in [1.165, 1.54) is 0 Å². The van der Waals surface area contributed by atoms with Gasteiger partial charge in [-0.15, -0.1) is 0 Å². The van der Waals surface area contributed by atoms with E-state index in [2.05, 4.69) is 10.2 Å². The number of hydrogen-bond donors (Lipinski definition) is 1. The quantitative estimate of drug-likeness (QED) is 0.808. The van der Waals surface area contributed by atoms with E-state index in [4.69, 9.17) is 11.6 Å². The highest BCUT2D eigenvalue weighted by atomic mass is 35.5. The average molecular weight is 338 g/mol. The molecule has 1 aromatic carbocycles. The number of rotatable bonds is 6. The maximum atomic E-state index is 12.2. The van der Waals surface area contributed by atoms with Crippen LogP contribution >= 0.6 is 11.6 Å². The van der Waals surface area contributed by atoms with Gasteiger partial charge < -0.3 is 15.1 Å². The van der Waals surface area contributed by atoms with Gasteiger partial charge in [0.05, 0.1) is 5.92 Å². The van der Waals surface area contributed by atoms with E-state index in [-0.39, 0.29) is 24.2 Å². The number of nitrogens with one attached hydrogen (secondary N) is 1. The summed E-state index contributed by atoms with van der Waals surface area (Å²) in [6.07, 6.45) is 1.15. The molecule has 1 fully saturated rings. The minimum atomic E-state index is -0.290. The molecule has 23 heavy (non-hydrogen) atoms. The highest BCUT2D eigenvalue weighted by Gasteiger charge is 2.35. The second kappa shape index (κ2) is 7.79. The van der Waals surface area contributed by atoms with Crippen molar-refractivity contribution in [3.63, 3.8) is 0 Å². The molecule has 0 aliphatic carbocycles. The fourth-order valence-corrected chi connectivity index (χ4v) is 2.81. The zero-order valence-electron chi connectivity index (χ0n) is 13.9. The van der Waals surface area contributed by atoms with Gasteiger partial charge in [-0.05, 0) is 51.7 Å². The minimum absolute atomic E-state index is 0.0293. The number of nitrogens with zero attached hydrogens (tertiary/aromatic N) is 2. The smallest absolute Gasteiger partial charge is 0.227 e. The van der Waals surface area contributed by atoms with Crippen molar-refractivity contribution in [3.8, 4) is 0 Å². The number of halogens is 1. The number of aryl methyl sites for hydroxylation is 1. The van der Waals surface area contributed by atoms with E-state index >= 15 is 0 Å². The first kappa shape index (κ1) is 17.8. The number of carbonyl (C=O) groups excluding carboxylic acids is 2. The molecule has 0 aromatic heterocycles. The van der Waals surface area contributed by atoms with Crippen molar-refractivity contribution in [1.29, 1.82) is 0 Å². The molecule has 126 valence electrons. The molecule has 0 spiro atoms. The van der Waals surface area contributed by atoms with Gasteiger partial charge >= 0.3 is 0 Å². The predicted molar refractivity (Wildman–Crippen MR) is 92.8 cm³/mol. The van der Waals surface area contributed by atoms with Crippen LogP contribution < -0.4 is 10.2 Å². The van der Waals surface area contributed by atoms with Crippen molar-refractivity contribution in [2.24, 2.45) is 5.92 Å². The Kier molecular flexibility index (Phi) is 6.02. The lowest BCUT2D eigenvalue weighted by atomic mass is 10.1. The highest BCUT2D eigenvalue weighted by molar-refractivity contribution is 6.31. The second-order valence-electron chi connectivity index (χ2n) is 6.29. The normalized spacial score (nSPS) is 17.9. The Hall–Kier alpha value is -1.59. The standard InChI is InChI=1S/C17H24ClN3O2/c1-12-5-6-14(10-15(12)18)21-11-13(9-16(21)22)17(23)19-7-4-8-20(2)3/h5-6,10,13H,4,7-9,11H2,1-3H3,(H,19,23). The van der Waals surface area contributed by atoms with Crippen molar-refractivity contribution >= 4 is 29.1 Å². The molecular formula is C17H24ClN3O2. The van der Waals surface area contributed by atoms with Crippen LogP contribution in [-0.4, -0.2) is 50.4 Å². The van der Waals surface area contributed by atoms with Gasteiger partial charge in [0.2, 0.25) is 11.8 Å². The van der Waals surface area contributed by atoms with Crippen LogP contribution in [-0.2, 0) is 9.59 Å². The van der Waals surface area contributed by atoms with Crippen LogP contribution in [0.1, 0.15) is 18.4 Å². The van der Waals surface area contributed by atoms with Crippen LogP contribution in [0.3, 0.4) is 0 Å². The molecule has 0 bridgehead atoms. The molecular weight excluding hydrogens is 314 g/mol. The Morgan fingerprint density at radius 2 is 2.17 bits per heavy atom. The largest absolute Gasteiger partial charge is 0.356 e. The Morgan fingerprint density at radius 3 is 2.83 bits per heavy atom. The third kappa shape index (κ3) is 4.69. The Bertz CT molecular complexity index is 589. The van der Waals surface area contributed by atoms with Gasteiger partial charge in [0.25, 0.3) is 0 Å². The molecule has 1 N–H and O–H groups in total. The minimum Gasteiger partial charge on any atom is -0.356 e. The summed E-state index contributed by atoms with van der Waals surface area (Å²) in [7, 11) is 4.00. The van der Waals surface area contributed by atoms with Crippen LogP contribution in [0.4, 0.5) is 5.69 Å². The molecule has 1 unspecified atom stereocenters. The van der Waals surface area contributed by atoms with Gasteiger partial charge in [-0.3, -0.25) is 9.59 Å². The van der Waals surface area contributed by atoms with Crippen molar-refractivity contribution in [3.05, 3.63) is 28.8 Å². The third-order valence-electron chi connectivity index (χ3n) is 4.04. The maximum absolute atomic E-state index is 12.2. The van der Waals surface area contributed by atoms with Crippen molar-refractivity contribution in [1.82, 2.24) is 10.2 Å². The topological polar surface area (TPSA) is 52.7 Å². The van der Waals surface area contributed by atoms with E-state index in [1.54, 1.807) is 11.0 Å². The van der Waals surface area contributed by atoms with E-state index in [1.807, 2.05) is 33.2 Å². The lowest BCUT2D eigenvalue weighted by Crippen LogP contribution is -2.34. The van der Waals surface area contributed by atoms with Crippen LogP contribution in [0, 0.1) is 12.8 Å². The summed E-state index contributed by atoms with van der Waals surface area (Å²) >= 11 is 6.13. The maximum Gasteiger partial charge on any atom is 0.227 e. The lowest BCUT2D eigenvalue weighted by Gasteiger charge is -2.17. The molecule has 0 radical (unpaired) electrons. The molecule has 1 aliphatic heterocycles. The molecule has 1 saturated heterocycles. The second-order valence-corrected chi connectivity index (χ2v) is 6.69. The fraction of sp³-hybridized carbons (Fsp3) is 0.529. The Balaban J connectivity index is 1.91. The SMILES string of the molecule is Cc1ccc(N2CC(C(=O)NCCCN(C)C)CC2=O)cc1Cl. The van der Waals surface area contributed by atoms with Crippen molar-refractivity contribution in [2.75, 3.05) is 38.6 Å². The van der Waals surface area contributed by atoms with Crippen LogP contribution in [0.2, 0.25) is 5.02 Å². The van der Waals surface area contributed by atoms with E-state index in [0.717, 1.165) is 24.2 Å². The monoisotopic (exact) mass is 337 g/mol. The molecule has 6 heteroatoms. The molecule has 1 atom stereocenters. The lowest BCUT2D eigenvalue weighted by molar-refractivity contribution is -0.126. The van der Waals surface area contributed by atoms with Crippen molar-refractivity contribution < 1.29 is 9.59 Å². The Labute approximate surface area is 142 Å². The first-order valence-electron chi connectivity index (χ1n) is 7.87. The van der Waals surface area contributed by atoms with Gasteiger partial charge in [-0.2, -0.15) is 0 Å². The molecule has 5 nitrogen and oxygen atoms in total. The van der Waals surface area contributed by atoms with Gasteiger partial charge in [0.15, 0.2) is 0 Å². The zero-order chi connectivity index (χ0) is 17.0. The number of carbonyl (C=O) groups is 2. The number of amides is 2.